The van der Waals surface area contributed by atoms with Gasteiger partial charge < -0.3 is 0 Å². The molecule has 2 nitrogen and oxygen atoms in total. The summed E-state index contributed by atoms with van der Waals surface area (Å²) in [5.41, 5.74) is 3.10. The van der Waals surface area contributed by atoms with E-state index >= 15 is 0 Å². The van der Waals surface area contributed by atoms with Crippen LogP contribution in [0.1, 0.15) is 24.1 Å². The minimum Gasteiger partial charge on any atom is -0.271 e. The highest BCUT2D eigenvalue weighted by atomic mass is 79.9. The summed E-state index contributed by atoms with van der Waals surface area (Å²) >= 11 is 4.77. The predicted molar refractivity (Wildman–Crippen MR) is 86.1 cm³/mol. The Morgan fingerprint density at radius 2 is 1.86 bits per heavy atom. The van der Waals surface area contributed by atoms with Gasteiger partial charge in [0.2, 0.25) is 0 Å². The second kappa shape index (κ2) is 7.35. The highest BCUT2D eigenvalue weighted by molar-refractivity contribution is 9.10. The van der Waals surface area contributed by atoms with E-state index in [1.807, 2.05) is 24.3 Å². The number of hydrogen-bond donors (Lipinski definition) is 2. The molecule has 0 aromatic heterocycles. The summed E-state index contributed by atoms with van der Waals surface area (Å²) in [6.45, 7) is 2.06. The quantitative estimate of drug-likeness (QED) is 0.353. The fourth-order valence-electron chi connectivity index (χ4n) is 2.08. The molecule has 0 bridgehead atoms. The van der Waals surface area contributed by atoms with E-state index in [0.29, 0.717) is 5.56 Å². The third kappa shape index (κ3) is 3.63. The Bertz CT molecular complexity index is 620. The zero-order chi connectivity index (χ0) is 15.4. The second-order valence-electron chi connectivity index (χ2n) is 4.36. The molecular formula is C15H15BrF2N2S. The Hall–Kier alpha value is -0.950. The van der Waals surface area contributed by atoms with Crippen molar-refractivity contribution in [2.45, 2.75) is 17.9 Å². The molecule has 2 aromatic carbocycles. The lowest BCUT2D eigenvalue weighted by atomic mass is 9.98. The maximum atomic E-state index is 14.2. The lowest BCUT2D eigenvalue weighted by Gasteiger charge is -2.19. The molecule has 3 N–H and O–H groups in total. The van der Waals surface area contributed by atoms with Gasteiger partial charge in [0.05, 0.1) is 10.5 Å². The van der Waals surface area contributed by atoms with Gasteiger partial charge in [-0.3, -0.25) is 5.84 Å². The molecule has 6 heteroatoms. The standard InChI is InChI=1S/C15H15BrF2N2S/c1-2-21-10-5-3-9(4-6-10)15(20-19)13-12(17)8-7-11(16)14(13)18/h3-8,15,20H,2,19H2,1H3. The summed E-state index contributed by atoms with van der Waals surface area (Å²) in [6.07, 6.45) is 0. The van der Waals surface area contributed by atoms with Crippen molar-refractivity contribution in [3.8, 4) is 0 Å². The van der Waals surface area contributed by atoms with E-state index in [2.05, 4.69) is 28.3 Å². The lowest BCUT2D eigenvalue weighted by Crippen LogP contribution is -2.30. The predicted octanol–water partition coefficient (Wildman–Crippen LogP) is 4.39. The van der Waals surface area contributed by atoms with Crippen molar-refractivity contribution in [1.82, 2.24) is 5.43 Å². The number of benzene rings is 2. The first kappa shape index (κ1) is 16.4. The van der Waals surface area contributed by atoms with Crippen LogP contribution in [0.15, 0.2) is 45.8 Å². The monoisotopic (exact) mass is 372 g/mol. The number of hydrazine groups is 1. The summed E-state index contributed by atoms with van der Waals surface area (Å²) in [5.74, 6) is 5.20. The van der Waals surface area contributed by atoms with Gasteiger partial charge in [0, 0.05) is 10.5 Å². The average Bonchev–Trinajstić information content (AvgIpc) is 2.49. The first-order valence-corrected chi connectivity index (χ1v) is 8.18. The zero-order valence-electron chi connectivity index (χ0n) is 11.4. The van der Waals surface area contributed by atoms with E-state index in [9.17, 15) is 8.78 Å². The lowest BCUT2D eigenvalue weighted by molar-refractivity contribution is 0.507. The Morgan fingerprint density at radius 1 is 1.19 bits per heavy atom. The van der Waals surface area contributed by atoms with Gasteiger partial charge in [-0.05, 0) is 51.5 Å². The SMILES string of the molecule is CCSc1ccc(C(NN)c2c(F)ccc(Br)c2F)cc1. The van der Waals surface area contributed by atoms with Crippen LogP contribution in [0.3, 0.4) is 0 Å². The molecule has 0 saturated heterocycles. The van der Waals surface area contributed by atoms with Gasteiger partial charge in [-0.25, -0.2) is 14.2 Å². The number of thioether (sulfide) groups is 1. The minimum atomic E-state index is -0.747. The van der Waals surface area contributed by atoms with E-state index in [-0.39, 0.29) is 10.0 Å². The Morgan fingerprint density at radius 3 is 2.43 bits per heavy atom. The van der Waals surface area contributed by atoms with Crippen LogP contribution >= 0.6 is 27.7 Å². The molecule has 21 heavy (non-hydrogen) atoms. The van der Waals surface area contributed by atoms with Crippen molar-refractivity contribution in [3.63, 3.8) is 0 Å². The first-order chi connectivity index (χ1) is 10.1. The van der Waals surface area contributed by atoms with Gasteiger partial charge in [0.25, 0.3) is 0 Å². The van der Waals surface area contributed by atoms with Gasteiger partial charge >= 0.3 is 0 Å². The maximum absolute atomic E-state index is 14.2. The molecule has 2 rings (SSSR count). The Kier molecular flexibility index (Phi) is 5.75. The highest BCUT2D eigenvalue weighted by Gasteiger charge is 2.22. The molecule has 0 saturated carbocycles. The molecule has 0 aliphatic carbocycles. The van der Waals surface area contributed by atoms with E-state index in [4.69, 9.17) is 5.84 Å². The fourth-order valence-corrected chi connectivity index (χ4v) is 3.08. The number of nitrogens with two attached hydrogens (primary N) is 1. The Balaban J connectivity index is 2.42. The van der Waals surface area contributed by atoms with Crippen LogP contribution in [0.4, 0.5) is 8.78 Å². The normalized spacial score (nSPS) is 12.4. The van der Waals surface area contributed by atoms with E-state index in [1.54, 1.807) is 11.8 Å². The highest BCUT2D eigenvalue weighted by Crippen LogP contribution is 2.31. The average molecular weight is 373 g/mol. The van der Waals surface area contributed by atoms with Gasteiger partial charge in [-0.15, -0.1) is 11.8 Å². The molecule has 0 heterocycles. The summed E-state index contributed by atoms with van der Waals surface area (Å²) in [5, 5.41) is 0. The summed E-state index contributed by atoms with van der Waals surface area (Å²) in [7, 11) is 0. The largest absolute Gasteiger partial charge is 0.271 e. The van der Waals surface area contributed by atoms with Gasteiger partial charge in [-0.1, -0.05) is 19.1 Å². The number of hydrogen-bond acceptors (Lipinski definition) is 3. The maximum Gasteiger partial charge on any atom is 0.145 e. The molecule has 0 aliphatic rings. The van der Waals surface area contributed by atoms with Crippen LogP contribution < -0.4 is 11.3 Å². The van der Waals surface area contributed by atoms with Crippen molar-refractivity contribution in [2.75, 3.05) is 5.75 Å². The molecule has 0 aliphatic heterocycles. The molecule has 0 fully saturated rings. The zero-order valence-corrected chi connectivity index (χ0v) is 13.8. The van der Waals surface area contributed by atoms with Gasteiger partial charge in [0.1, 0.15) is 11.6 Å². The number of nitrogens with one attached hydrogen (secondary N) is 1. The van der Waals surface area contributed by atoms with Gasteiger partial charge in [-0.2, -0.15) is 0 Å². The molecule has 0 radical (unpaired) electrons. The van der Waals surface area contributed by atoms with Gasteiger partial charge in [0.15, 0.2) is 0 Å². The summed E-state index contributed by atoms with van der Waals surface area (Å²) in [6, 6.07) is 9.29. The number of rotatable bonds is 5. The van der Waals surface area contributed by atoms with Crippen molar-refractivity contribution in [2.24, 2.45) is 5.84 Å². The molecule has 0 amide bonds. The summed E-state index contributed by atoms with van der Waals surface area (Å²) in [4.78, 5) is 1.10. The van der Waals surface area contributed by atoms with E-state index in [0.717, 1.165) is 10.6 Å². The van der Waals surface area contributed by atoms with Crippen LogP contribution in [0.2, 0.25) is 0 Å². The molecule has 1 atom stereocenters. The van der Waals surface area contributed by atoms with Crippen LogP contribution in [0.5, 0.6) is 0 Å². The Labute approximate surface area is 135 Å². The fraction of sp³-hybridized carbons (Fsp3) is 0.200. The van der Waals surface area contributed by atoms with Crippen LogP contribution in [-0.4, -0.2) is 5.75 Å². The summed E-state index contributed by atoms with van der Waals surface area (Å²) < 4.78 is 28.4. The van der Waals surface area contributed by atoms with Crippen LogP contribution in [0, 0.1) is 11.6 Å². The van der Waals surface area contributed by atoms with Crippen LogP contribution in [0.25, 0.3) is 0 Å². The van der Waals surface area contributed by atoms with Crippen molar-refractivity contribution >= 4 is 27.7 Å². The molecule has 0 spiro atoms. The van der Waals surface area contributed by atoms with Crippen molar-refractivity contribution in [3.05, 3.63) is 63.6 Å². The van der Waals surface area contributed by atoms with Crippen molar-refractivity contribution in [1.29, 1.82) is 0 Å². The molecule has 112 valence electrons. The van der Waals surface area contributed by atoms with Crippen LogP contribution in [-0.2, 0) is 0 Å². The first-order valence-electron chi connectivity index (χ1n) is 6.40. The van der Waals surface area contributed by atoms with E-state index in [1.165, 1.54) is 12.1 Å². The van der Waals surface area contributed by atoms with Crippen molar-refractivity contribution < 1.29 is 8.78 Å². The molecule has 2 aromatic rings. The van der Waals surface area contributed by atoms with E-state index < -0.39 is 17.7 Å². The minimum absolute atomic E-state index is 0.0947. The molecular weight excluding hydrogens is 358 g/mol. The number of halogens is 3. The third-order valence-corrected chi connectivity index (χ3v) is 4.57. The second-order valence-corrected chi connectivity index (χ2v) is 6.55. The third-order valence-electron chi connectivity index (χ3n) is 3.06. The molecule has 1 unspecified atom stereocenters. The topological polar surface area (TPSA) is 38.0 Å². The smallest absolute Gasteiger partial charge is 0.145 e.